The van der Waals surface area contributed by atoms with Crippen LogP contribution in [0.4, 0.5) is 18.9 Å². The van der Waals surface area contributed by atoms with Crippen molar-refractivity contribution in [3.8, 4) is 22.3 Å². The van der Waals surface area contributed by atoms with Gasteiger partial charge < -0.3 is 5.73 Å². The first kappa shape index (κ1) is 15.2. The first-order chi connectivity index (χ1) is 11.0. The van der Waals surface area contributed by atoms with Crippen LogP contribution < -0.4 is 5.73 Å². The molecular formula is C19H14F3N. The zero-order valence-corrected chi connectivity index (χ0v) is 12.1. The lowest BCUT2D eigenvalue weighted by atomic mass is 9.90. The molecule has 2 N–H and O–H groups in total. The van der Waals surface area contributed by atoms with Crippen molar-refractivity contribution in [1.82, 2.24) is 0 Å². The summed E-state index contributed by atoms with van der Waals surface area (Å²) in [5.41, 5.74) is 6.43. The van der Waals surface area contributed by atoms with E-state index < -0.39 is 11.7 Å². The summed E-state index contributed by atoms with van der Waals surface area (Å²) in [6, 6.07) is 19.9. The number of halogens is 3. The van der Waals surface area contributed by atoms with Gasteiger partial charge in [-0.05, 0) is 22.8 Å². The van der Waals surface area contributed by atoms with Crippen molar-refractivity contribution in [2.45, 2.75) is 6.18 Å². The van der Waals surface area contributed by atoms with E-state index in [0.29, 0.717) is 11.1 Å². The molecule has 1 nitrogen and oxygen atoms in total. The lowest BCUT2D eigenvalue weighted by molar-refractivity contribution is -0.136. The lowest BCUT2D eigenvalue weighted by Gasteiger charge is -2.20. The lowest BCUT2D eigenvalue weighted by Crippen LogP contribution is -2.11. The van der Waals surface area contributed by atoms with E-state index in [2.05, 4.69) is 0 Å². The number of benzene rings is 3. The normalized spacial score (nSPS) is 11.4. The third-order valence-corrected chi connectivity index (χ3v) is 3.67. The summed E-state index contributed by atoms with van der Waals surface area (Å²) in [7, 11) is 0. The van der Waals surface area contributed by atoms with Crippen LogP contribution in [0.15, 0.2) is 72.8 Å². The zero-order chi connectivity index (χ0) is 16.4. The maximum Gasteiger partial charge on any atom is 0.417 e. The first-order valence-corrected chi connectivity index (χ1v) is 7.09. The SMILES string of the molecule is Nc1ccc(-c2ccccc2)c(C(F)(F)F)c1-c1ccccc1. The molecule has 0 aliphatic carbocycles. The minimum absolute atomic E-state index is 0.0273. The fourth-order valence-electron chi connectivity index (χ4n) is 2.69. The van der Waals surface area contributed by atoms with Gasteiger partial charge in [0.1, 0.15) is 0 Å². The van der Waals surface area contributed by atoms with E-state index in [0.717, 1.165) is 0 Å². The topological polar surface area (TPSA) is 26.0 Å². The molecule has 23 heavy (non-hydrogen) atoms. The molecule has 0 aromatic heterocycles. The number of nitrogens with two attached hydrogens (primary N) is 1. The summed E-state index contributed by atoms with van der Waals surface area (Å²) in [5.74, 6) is 0. The van der Waals surface area contributed by atoms with Gasteiger partial charge in [0.25, 0.3) is 0 Å². The van der Waals surface area contributed by atoms with E-state index in [4.69, 9.17) is 5.73 Å². The molecule has 3 rings (SSSR count). The van der Waals surface area contributed by atoms with Crippen molar-refractivity contribution in [3.63, 3.8) is 0 Å². The van der Waals surface area contributed by atoms with Crippen molar-refractivity contribution in [3.05, 3.63) is 78.4 Å². The number of nitrogen functional groups attached to an aromatic ring is 1. The minimum Gasteiger partial charge on any atom is -0.398 e. The summed E-state index contributed by atoms with van der Waals surface area (Å²) in [6.45, 7) is 0. The highest BCUT2D eigenvalue weighted by atomic mass is 19.4. The van der Waals surface area contributed by atoms with E-state index in [9.17, 15) is 13.2 Å². The summed E-state index contributed by atoms with van der Waals surface area (Å²) in [6.07, 6.45) is -4.51. The van der Waals surface area contributed by atoms with Gasteiger partial charge in [-0.15, -0.1) is 0 Å². The van der Waals surface area contributed by atoms with Crippen LogP contribution in [0.5, 0.6) is 0 Å². The largest absolute Gasteiger partial charge is 0.417 e. The molecule has 0 saturated heterocycles. The molecule has 0 atom stereocenters. The Morgan fingerprint density at radius 2 is 1.17 bits per heavy atom. The average molecular weight is 313 g/mol. The van der Waals surface area contributed by atoms with Gasteiger partial charge >= 0.3 is 6.18 Å². The standard InChI is InChI=1S/C19H14F3N/c20-19(21,22)18-15(13-7-3-1-4-8-13)11-12-16(23)17(18)14-9-5-2-6-10-14/h1-12H,23H2. The number of anilines is 1. The van der Waals surface area contributed by atoms with Crippen LogP contribution >= 0.6 is 0 Å². The smallest absolute Gasteiger partial charge is 0.398 e. The van der Waals surface area contributed by atoms with Crippen LogP contribution in [0, 0.1) is 0 Å². The second-order valence-corrected chi connectivity index (χ2v) is 5.18. The third-order valence-electron chi connectivity index (χ3n) is 3.67. The molecule has 0 heterocycles. The summed E-state index contributed by atoms with van der Waals surface area (Å²) in [5, 5.41) is 0. The summed E-state index contributed by atoms with van der Waals surface area (Å²) < 4.78 is 41.4. The van der Waals surface area contributed by atoms with Crippen molar-refractivity contribution in [2.75, 3.05) is 5.73 Å². The van der Waals surface area contributed by atoms with Crippen LogP contribution in [-0.2, 0) is 6.18 Å². The molecule has 0 bridgehead atoms. The van der Waals surface area contributed by atoms with Crippen LogP contribution in [0.3, 0.4) is 0 Å². The molecule has 0 aliphatic rings. The number of rotatable bonds is 2. The van der Waals surface area contributed by atoms with Crippen LogP contribution in [0.25, 0.3) is 22.3 Å². The summed E-state index contributed by atoms with van der Waals surface area (Å²) in [4.78, 5) is 0. The first-order valence-electron chi connectivity index (χ1n) is 7.09. The van der Waals surface area contributed by atoms with Gasteiger partial charge in [0, 0.05) is 11.3 Å². The average Bonchev–Trinajstić information content (AvgIpc) is 2.55. The van der Waals surface area contributed by atoms with E-state index in [1.807, 2.05) is 0 Å². The molecular weight excluding hydrogens is 299 g/mol. The van der Waals surface area contributed by atoms with Gasteiger partial charge in [-0.2, -0.15) is 13.2 Å². The molecule has 0 aliphatic heterocycles. The van der Waals surface area contributed by atoms with Crippen LogP contribution in [0.2, 0.25) is 0 Å². The van der Waals surface area contributed by atoms with E-state index in [1.165, 1.54) is 12.1 Å². The highest BCUT2D eigenvalue weighted by molar-refractivity contribution is 5.87. The van der Waals surface area contributed by atoms with Crippen molar-refractivity contribution in [2.24, 2.45) is 0 Å². The molecule has 4 heteroatoms. The van der Waals surface area contributed by atoms with Gasteiger partial charge in [0.05, 0.1) is 5.56 Å². The minimum atomic E-state index is -4.51. The second-order valence-electron chi connectivity index (χ2n) is 5.18. The van der Waals surface area contributed by atoms with E-state index in [1.54, 1.807) is 60.7 Å². The second kappa shape index (κ2) is 5.80. The van der Waals surface area contributed by atoms with Gasteiger partial charge in [-0.1, -0.05) is 66.7 Å². The Balaban J connectivity index is 2.36. The molecule has 0 fully saturated rings. The molecule has 0 saturated carbocycles. The van der Waals surface area contributed by atoms with Gasteiger partial charge in [0.15, 0.2) is 0 Å². The fourth-order valence-corrected chi connectivity index (χ4v) is 2.69. The molecule has 0 unspecified atom stereocenters. The Kier molecular flexibility index (Phi) is 3.82. The Hall–Kier alpha value is -2.75. The molecule has 0 amide bonds. The van der Waals surface area contributed by atoms with E-state index in [-0.39, 0.29) is 16.8 Å². The highest BCUT2D eigenvalue weighted by Gasteiger charge is 2.37. The van der Waals surface area contributed by atoms with Crippen molar-refractivity contribution < 1.29 is 13.2 Å². The number of hydrogen-bond acceptors (Lipinski definition) is 1. The third kappa shape index (κ3) is 2.93. The van der Waals surface area contributed by atoms with Crippen LogP contribution in [-0.4, -0.2) is 0 Å². The predicted molar refractivity (Wildman–Crippen MR) is 86.7 cm³/mol. The monoisotopic (exact) mass is 313 g/mol. The highest BCUT2D eigenvalue weighted by Crippen LogP contribution is 2.45. The predicted octanol–water partition coefficient (Wildman–Crippen LogP) is 5.62. The van der Waals surface area contributed by atoms with Crippen molar-refractivity contribution in [1.29, 1.82) is 0 Å². The molecule has 116 valence electrons. The molecule has 3 aromatic carbocycles. The van der Waals surface area contributed by atoms with Crippen molar-refractivity contribution >= 4 is 5.69 Å². The molecule has 0 radical (unpaired) electrons. The maximum atomic E-state index is 13.8. The van der Waals surface area contributed by atoms with Gasteiger partial charge in [0.2, 0.25) is 0 Å². The quantitative estimate of drug-likeness (QED) is 0.610. The molecule has 3 aromatic rings. The Bertz CT molecular complexity index is 809. The van der Waals surface area contributed by atoms with Crippen LogP contribution in [0.1, 0.15) is 5.56 Å². The van der Waals surface area contributed by atoms with E-state index >= 15 is 0 Å². The number of alkyl halides is 3. The Morgan fingerprint density at radius 1 is 0.652 bits per heavy atom. The Labute approximate surface area is 132 Å². The van der Waals surface area contributed by atoms with Gasteiger partial charge in [-0.3, -0.25) is 0 Å². The molecule has 0 spiro atoms. The maximum absolute atomic E-state index is 13.8. The number of hydrogen-bond donors (Lipinski definition) is 1. The van der Waals surface area contributed by atoms with Gasteiger partial charge in [-0.25, -0.2) is 0 Å². The Morgan fingerprint density at radius 3 is 1.70 bits per heavy atom. The fraction of sp³-hybridized carbons (Fsp3) is 0.0526. The zero-order valence-electron chi connectivity index (χ0n) is 12.1. The summed E-state index contributed by atoms with van der Waals surface area (Å²) >= 11 is 0.